The standard InChI is InChI=1S/C30H37N7O5/c1-7-36-25-15-20(22(31-26(38)17-32(3)4)16-24(25)34(6)29(36)41)27(39)35-12-10-19(11-13-35)37-28(40)21-14-18(2)8-9-23(21)33(5)30(37)42/h8-9,14-16,19H,7,10-13,17H2,1-6H3,(H,31,38). The van der Waals surface area contributed by atoms with Gasteiger partial charge < -0.3 is 15.1 Å². The fourth-order valence-electron chi connectivity index (χ4n) is 5.93. The van der Waals surface area contributed by atoms with Crippen LogP contribution in [0.2, 0.25) is 0 Å². The number of benzene rings is 2. The summed E-state index contributed by atoms with van der Waals surface area (Å²) in [5, 5.41) is 3.36. The molecule has 4 aromatic rings. The number of carbonyl (C=O) groups excluding carboxylic acids is 2. The van der Waals surface area contributed by atoms with Crippen molar-refractivity contribution < 1.29 is 9.59 Å². The molecule has 0 aliphatic carbocycles. The summed E-state index contributed by atoms with van der Waals surface area (Å²) in [7, 11) is 6.88. The monoisotopic (exact) mass is 575 g/mol. The molecule has 0 bridgehead atoms. The van der Waals surface area contributed by atoms with Crippen molar-refractivity contribution in [2.24, 2.45) is 14.1 Å². The number of hydrogen-bond acceptors (Lipinski definition) is 6. The number of piperidine rings is 1. The molecule has 1 aliphatic heterocycles. The Morgan fingerprint density at radius 2 is 1.60 bits per heavy atom. The average Bonchev–Trinajstić information content (AvgIpc) is 3.19. The largest absolute Gasteiger partial charge is 0.338 e. The quantitative estimate of drug-likeness (QED) is 0.373. The molecule has 0 spiro atoms. The third-order valence-electron chi connectivity index (χ3n) is 8.14. The Hall–Kier alpha value is -4.45. The Balaban J connectivity index is 1.48. The van der Waals surface area contributed by atoms with Gasteiger partial charge in [-0.1, -0.05) is 11.6 Å². The van der Waals surface area contributed by atoms with E-state index in [0.29, 0.717) is 60.1 Å². The molecule has 2 aromatic heterocycles. The van der Waals surface area contributed by atoms with Crippen LogP contribution in [-0.4, -0.2) is 73.6 Å². The van der Waals surface area contributed by atoms with Gasteiger partial charge in [0, 0.05) is 39.8 Å². The molecule has 1 saturated heterocycles. The minimum absolute atomic E-state index is 0.126. The van der Waals surface area contributed by atoms with Crippen LogP contribution >= 0.6 is 0 Å². The predicted molar refractivity (Wildman–Crippen MR) is 162 cm³/mol. The topological polar surface area (TPSA) is 124 Å². The third-order valence-corrected chi connectivity index (χ3v) is 8.14. The molecule has 1 aliphatic rings. The summed E-state index contributed by atoms with van der Waals surface area (Å²) in [5.74, 6) is -0.572. The second-order valence-electron chi connectivity index (χ2n) is 11.3. The molecule has 42 heavy (non-hydrogen) atoms. The number of rotatable bonds is 6. The number of imidazole rings is 1. The van der Waals surface area contributed by atoms with E-state index < -0.39 is 0 Å². The maximum absolute atomic E-state index is 13.9. The fraction of sp³-hybridized carbons (Fsp3) is 0.433. The summed E-state index contributed by atoms with van der Waals surface area (Å²) in [6.07, 6.45) is 0.849. The van der Waals surface area contributed by atoms with Crippen LogP contribution in [0.3, 0.4) is 0 Å². The SMILES string of the molecule is CCn1c(=O)n(C)c2cc(NC(=O)CN(C)C)c(C(=O)N3CCC(n4c(=O)c5cc(C)ccc5n(C)c4=O)CC3)cc21. The number of aromatic nitrogens is 4. The lowest BCUT2D eigenvalue weighted by molar-refractivity contribution is -0.116. The van der Waals surface area contributed by atoms with Crippen molar-refractivity contribution in [1.29, 1.82) is 0 Å². The zero-order valence-electron chi connectivity index (χ0n) is 24.9. The van der Waals surface area contributed by atoms with Gasteiger partial charge in [-0.15, -0.1) is 0 Å². The molecule has 3 heterocycles. The van der Waals surface area contributed by atoms with Gasteiger partial charge in [0.05, 0.1) is 39.7 Å². The second kappa shape index (κ2) is 11.1. The van der Waals surface area contributed by atoms with E-state index in [1.54, 1.807) is 66.8 Å². The van der Waals surface area contributed by atoms with Crippen LogP contribution in [0.5, 0.6) is 0 Å². The summed E-state index contributed by atoms with van der Waals surface area (Å²) in [4.78, 5) is 69.5. The normalized spacial score (nSPS) is 14.3. The number of hydrogen-bond donors (Lipinski definition) is 1. The van der Waals surface area contributed by atoms with Crippen molar-refractivity contribution in [3.63, 3.8) is 0 Å². The van der Waals surface area contributed by atoms with Crippen molar-refractivity contribution in [2.45, 2.75) is 39.3 Å². The molecule has 1 fully saturated rings. The van der Waals surface area contributed by atoms with Crippen LogP contribution in [0.1, 0.15) is 41.7 Å². The number of likely N-dealkylation sites (N-methyl/N-ethyl adjacent to an activating group) is 1. The first-order valence-electron chi connectivity index (χ1n) is 14.1. The van der Waals surface area contributed by atoms with Crippen LogP contribution in [0.4, 0.5) is 5.69 Å². The molecule has 0 unspecified atom stereocenters. The number of amides is 2. The second-order valence-corrected chi connectivity index (χ2v) is 11.3. The van der Waals surface area contributed by atoms with Crippen molar-refractivity contribution in [2.75, 3.05) is 39.0 Å². The highest BCUT2D eigenvalue weighted by atomic mass is 16.2. The molecular weight excluding hydrogens is 538 g/mol. The number of aryl methyl sites for hydroxylation is 4. The Kier molecular flexibility index (Phi) is 7.67. The number of nitrogens with one attached hydrogen (secondary N) is 1. The number of carbonyl (C=O) groups is 2. The minimum Gasteiger partial charge on any atom is -0.338 e. The maximum Gasteiger partial charge on any atom is 0.331 e. The third kappa shape index (κ3) is 4.95. The molecule has 5 rings (SSSR count). The van der Waals surface area contributed by atoms with Crippen molar-refractivity contribution in [1.82, 2.24) is 28.1 Å². The smallest absolute Gasteiger partial charge is 0.331 e. The Bertz CT molecular complexity index is 1900. The van der Waals surface area contributed by atoms with Gasteiger partial charge in [-0.05, 0) is 65.0 Å². The Morgan fingerprint density at radius 1 is 0.929 bits per heavy atom. The van der Waals surface area contributed by atoms with Gasteiger partial charge in [-0.25, -0.2) is 9.59 Å². The lowest BCUT2D eigenvalue weighted by Crippen LogP contribution is -2.46. The molecule has 2 amide bonds. The first-order valence-corrected chi connectivity index (χ1v) is 14.1. The van der Waals surface area contributed by atoms with E-state index in [0.717, 1.165) is 5.56 Å². The number of likely N-dealkylation sites (tertiary alicyclic amines) is 1. The highest BCUT2D eigenvalue weighted by Gasteiger charge is 2.29. The van der Waals surface area contributed by atoms with Gasteiger partial charge in [0.15, 0.2) is 0 Å². The van der Waals surface area contributed by atoms with E-state index in [2.05, 4.69) is 5.32 Å². The number of fused-ring (bicyclic) bond motifs is 2. The lowest BCUT2D eigenvalue weighted by Gasteiger charge is -2.33. The van der Waals surface area contributed by atoms with E-state index in [1.165, 1.54) is 13.7 Å². The van der Waals surface area contributed by atoms with Gasteiger partial charge in [0.2, 0.25) is 5.91 Å². The first-order chi connectivity index (χ1) is 19.9. The predicted octanol–water partition coefficient (Wildman–Crippen LogP) is 1.66. The van der Waals surface area contributed by atoms with Gasteiger partial charge >= 0.3 is 11.4 Å². The molecule has 0 saturated carbocycles. The summed E-state index contributed by atoms with van der Waals surface area (Å²) in [5.41, 5.74) is 2.46. The van der Waals surface area contributed by atoms with Crippen molar-refractivity contribution in [3.8, 4) is 0 Å². The highest BCUT2D eigenvalue weighted by Crippen LogP contribution is 2.28. The summed E-state index contributed by atoms with van der Waals surface area (Å²) in [6, 6.07) is 8.46. The van der Waals surface area contributed by atoms with E-state index >= 15 is 0 Å². The molecule has 1 N–H and O–H groups in total. The van der Waals surface area contributed by atoms with Crippen LogP contribution < -0.4 is 22.3 Å². The van der Waals surface area contributed by atoms with Crippen LogP contribution in [0.15, 0.2) is 44.7 Å². The lowest BCUT2D eigenvalue weighted by atomic mass is 10.0. The summed E-state index contributed by atoms with van der Waals surface area (Å²) < 4.78 is 5.92. The van der Waals surface area contributed by atoms with Crippen molar-refractivity contribution in [3.05, 3.63) is 72.8 Å². The van der Waals surface area contributed by atoms with Gasteiger partial charge in [-0.2, -0.15) is 0 Å². The molecule has 222 valence electrons. The van der Waals surface area contributed by atoms with E-state index in [1.807, 2.05) is 19.9 Å². The molecule has 2 aromatic carbocycles. The molecule has 0 atom stereocenters. The van der Waals surface area contributed by atoms with Gasteiger partial charge in [0.25, 0.3) is 11.5 Å². The molecule has 12 heteroatoms. The van der Waals surface area contributed by atoms with Gasteiger partial charge in [0.1, 0.15) is 0 Å². The first kappa shape index (κ1) is 29.1. The zero-order valence-corrected chi connectivity index (χ0v) is 24.9. The Labute approximate surface area is 242 Å². The van der Waals surface area contributed by atoms with Gasteiger partial charge in [-0.3, -0.25) is 32.7 Å². The minimum atomic E-state index is -0.376. The maximum atomic E-state index is 13.9. The zero-order chi connectivity index (χ0) is 30.5. The fourth-order valence-corrected chi connectivity index (χ4v) is 5.93. The van der Waals surface area contributed by atoms with Crippen LogP contribution in [0, 0.1) is 6.92 Å². The van der Waals surface area contributed by atoms with E-state index in [9.17, 15) is 24.0 Å². The molecule has 12 nitrogen and oxygen atoms in total. The molecule has 0 radical (unpaired) electrons. The van der Waals surface area contributed by atoms with Crippen LogP contribution in [0.25, 0.3) is 21.9 Å². The highest BCUT2D eigenvalue weighted by molar-refractivity contribution is 6.07. The molecular formula is C30H37N7O5. The summed E-state index contributed by atoms with van der Waals surface area (Å²) >= 11 is 0. The van der Waals surface area contributed by atoms with Crippen LogP contribution in [-0.2, 0) is 25.4 Å². The van der Waals surface area contributed by atoms with Crippen molar-refractivity contribution >= 4 is 39.4 Å². The summed E-state index contributed by atoms with van der Waals surface area (Å²) in [6.45, 7) is 4.97. The van der Waals surface area contributed by atoms with E-state index in [4.69, 9.17) is 0 Å². The van der Waals surface area contributed by atoms with E-state index in [-0.39, 0.29) is 46.9 Å². The number of anilines is 1. The average molecular weight is 576 g/mol. The Morgan fingerprint density at radius 3 is 2.24 bits per heavy atom. The number of nitrogens with zero attached hydrogens (tertiary/aromatic N) is 6.